The normalized spacial score (nSPS) is 24.9. The number of carbonyl (C=O) groups excluding carboxylic acids is 2. The van der Waals surface area contributed by atoms with Crippen molar-refractivity contribution in [2.75, 3.05) is 20.3 Å². The van der Waals surface area contributed by atoms with E-state index in [9.17, 15) is 9.59 Å². The maximum atomic E-state index is 13.5. The molecule has 2 heterocycles. The average Bonchev–Trinajstić information content (AvgIpc) is 3.49. The predicted molar refractivity (Wildman–Crippen MR) is 137 cm³/mol. The third-order valence-electron chi connectivity index (χ3n) is 7.69. The number of methoxy groups -OCH3 is 1. The number of hydrogen-bond acceptors (Lipinski definition) is 6. The van der Waals surface area contributed by atoms with E-state index in [-0.39, 0.29) is 28.8 Å². The van der Waals surface area contributed by atoms with E-state index in [2.05, 4.69) is 18.8 Å². The fourth-order valence-corrected chi connectivity index (χ4v) is 5.55. The van der Waals surface area contributed by atoms with E-state index in [4.69, 9.17) is 18.6 Å². The standard InChI is InChI=1S/C30H40O6/c1-20-6-8-22(9-7-20)26(31)19-24(21-10-14-30(15-11-21)34-16-17-35-30)25-18-23(12-13-29(2,3)4)36-27(25)28(32)33-5/h18-22H,6-11,14-17H2,1-5H3/b24-19-. The van der Waals surface area contributed by atoms with E-state index in [0.717, 1.165) is 56.9 Å². The van der Waals surface area contributed by atoms with Gasteiger partial charge in [0.2, 0.25) is 5.76 Å². The molecule has 0 unspecified atom stereocenters. The molecule has 6 heteroatoms. The van der Waals surface area contributed by atoms with Crippen molar-refractivity contribution in [3.05, 3.63) is 29.2 Å². The maximum Gasteiger partial charge on any atom is 0.374 e. The summed E-state index contributed by atoms with van der Waals surface area (Å²) >= 11 is 0. The van der Waals surface area contributed by atoms with Gasteiger partial charge in [-0.25, -0.2) is 4.79 Å². The molecule has 196 valence electrons. The van der Waals surface area contributed by atoms with Gasteiger partial charge in [-0.3, -0.25) is 4.79 Å². The molecule has 1 spiro atoms. The average molecular weight is 497 g/mol. The molecule has 2 aliphatic carbocycles. The molecule has 1 aromatic heterocycles. The summed E-state index contributed by atoms with van der Waals surface area (Å²) in [6.07, 6.45) is 8.88. The molecule has 0 atom stereocenters. The Balaban J connectivity index is 1.70. The van der Waals surface area contributed by atoms with E-state index in [1.807, 2.05) is 20.8 Å². The van der Waals surface area contributed by atoms with Crippen LogP contribution in [0.2, 0.25) is 0 Å². The summed E-state index contributed by atoms with van der Waals surface area (Å²) in [5.74, 6) is 6.61. The lowest BCUT2D eigenvalue weighted by Crippen LogP contribution is -2.35. The number of esters is 1. The number of ketones is 1. The molecule has 1 aromatic rings. The van der Waals surface area contributed by atoms with Gasteiger partial charge in [0.05, 0.1) is 20.3 Å². The number of ether oxygens (including phenoxy) is 3. The van der Waals surface area contributed by atoms with Crippen LogP contribution in [-0.2, 0) is 19.0 Å². The monoisotopic (exact) mass is 496 g/mol. The summed E-state index contributed by atoms with van der Waals surface area (Å²) in [4.78, 5) is 26.2. The maximum absolute atomic E-state index is 13.5. The molecule has 3 fully saturated rings. The smallest absolute Gasteiger partial charge is 0.374 e. The fourth-order valence-electron chi connectivity index (χ4n) is 5.55. The second-order valence-corrected chi connectivity index (χ2v) is 11.7. The van der Waals surface area contributed by atoms with Crippen molar-refractivity contribution in [3.8, 4) is 11.8 Å². The van der Waals surface area contributed by atoms with Crippen molar-refractivity contribution in [1.29, 1.82) is 0 Å². The Morgan fingerprint density at radius 1 is 1.03 bits per heavy atom. The number of allylic oxidation sites excluding steroid dienone is 2. The minimum absolute atomic E-state index is 0.0289. The first-order valence-corrected chi connectivity index (χ1v) is 13.4. The second kappa shape index (κ2) is 10.9. The van der Waals surface area contributed by atoms with E-state index >= 15 is 0 Å². The summed E-state index contributed by atoms with van der Waals surface area (Å²) in [7, 11) is 1.34. The van der Waals surface area contributed by atoms with Gasteiger partial charge < -0.3 is 18.6 Å². The van der Waals surface area contributed by atoms with E-state index in [1.54, 1.807) is 12.1 Å². The number of hydrogen-bond donors (Lipinski definition) is 0. The molecule has 2 saturated carbocycles. The molecular formula is C30H40O6. The molecule has 36 heavy (non-hydrogen) atoms. The molecular weight excluding hydrogens is 456 g/mol. The van der Waals surface area contributed by atoms with Crippen LogP contribution in [0.4, 0.5) is 0 Å². The van der Waals surface area contributed by atoms with Crippen LogP contribution in [0.5, 0.6) is 0 Å². The van der Waals surface area contributed by atoms with Crippen LogP contribution < -0.4 is 0 Å². The lowest BCUT2D eigenvalue weighted by molar-refractivity contribution is -0.179. The Morgan fingerprint density at radius 3 is 2.25 bits per heavy atom. The van der Waals surface area contributed by atoms with Gasteiger partial charge in [0.15, 0.2) is 17.3 Å². The molecule has 6 nitrogen and oxygen atoms in total. The van der Waals surface area contributed by atoms with Gasteiger partial charge in [-0.1, -0.05) is 25.7 Å². The zero-order chi connectivity index (χ0) is 25.9. The van der Waals surface area contributed by atoms with Crippen molar-refractivity contribution >= 4 is 17.3 Å². The van der Waals surface area contributed by atoms with Crippen molar-refractivity contribution in [1.82, 2.24) is 0 Å². The highest BCUT2D eigenvalue weighted by Gasteiger charge is 2.42. The molecule has 0 aromatic carbocycles. The third kappa shape index (κ3) is 6.30. The van der Waals surface area contributed by atoms with Gasteiger partial charge in [0.25, 0.3) is 0 Å². The van der Waals surface area contributed by atoms with Crippen molar-refractivity contribution < 1.29 is 28.2 Å². The quantitative estimate of drug-likeness (QED) is 0.275. The Hall–Kier alpha value is -2.36. The van der Waals surface area contributed by atoms with Gasteiger partial charge in [-0.2, -0.15) is 0 Å². The van der Waals surface area contributed by atoms with Crippen LogP contribution in [0, 0.1) is 35.0 Å². The van der Waals surface area contributed by atoms with Crippen LogP contribution in [0.25, 0.3) is 5.57 Å². The largest absolute Gasteiger partial charge is 0.463 e. The first-order valence-electron chi connectivity index (χ1n) is 13.4. The van der Waals surface area contributed by atoms with Gasteiger partial charge in [-0.15, -0.1) is 0 Å². The first-order chi connectivity index (χ1) is 17.1. The number of furan rings is 1. The zero-order valence-electron chi connectivity index (χ0n) is 22.4. The van der Waals surface area contributed by atoms with Crippen LogP contribution in [0.1, 0.15) is 101 Å². The van der Waals surface area contributed by atoms with Crippen LogP contribution in [0.15, 0.2) is 16.6 Å². The zero-order valence-corrected chi connectivity index (χ0v) is 22.4. The third-order valence-corrected chi connectivity index (χ3v) is 7.69. The van der Waals surface area contributed by atoms with E-state index < -0.39 is 11.8 Å². The van der Waals surface area contributed by atoms with E-state index in [1.165, 1.54) is 7.11 Å². The topological polar surface area (TPSA) is 75.0 Å². The first kappa shape index (κ1) is 26.7. The summed E-state index contributed by atoms with van der Waals surface area (Å²) < 4.78 is 22.8. The van der Waals surface area contributed by atoms with Crippen molar-refractivity contribution in [2.24, 2.45) is 23.2 Å². The number of carbonyl (C=O) groups is 2. The Morgan fingerprint density at radius 2 is 1.67 bits per heavy atom. The predicted octanol–water partition coefficient (Wildman–Crippen LogP) is 6.18. The fraction of sp³-hybridized carbons (Fsp3) is 0.667. The van der Waals surface area contributed by atoms with Crippen LogP contribution in [-0.4, -0.2) is 37.9 Å². The lowest BCUT2D eigenvalue weighted by Gasteiger charge is -2.36. The molecule has 3 aliphatic rings. The molecule has 0 bridgehead atoms. The van der Waals surface area contributed by atoms with E-state index in [0.29, 0.717) is 30.5 Å². The Kier molecular flexibility index (Phi) is 8.12. The Bertz CT molecular complexity index is 1040. The highest BCUT2D eigenvalue weighted by Crippen LogP contribution is 2.44. The molecule has 1 aliphatic heterocycles. The summed E-state index contributed by atoms with van der Waals surface area (Å²) in [6, 6.07) is 1.81. The second-order valence-electron chi connectivity index (χ2n) is 11.7. The summed E-state index contributed by atoms with van der Waals surface area (Å²) in [6.45, 7) is 9.55. The van der Waals surface area contributed by atoms with Gasteiger partial charge in [0, 0.05) is 35.8 Å². The molecule has 0 radical (unpaired) electrons. The summed E-state index contributed by atoms with van der Waals surface area (Å²) in [5.41, 5.74) is 1.25. The molecule has 1 saturated heterocycles. The van der Waals surface area contributed by atoms with Crippen LogP contribution in [0.3, 0.4) is 0 Å². The highest BCUT2D eigenvalue weighted by atomic mass is 16.7. The van der Waals surface area contributed by atoms with Gasteiger partial charge >= 0.3 is 5.97 Å². The van der Waals surface area contributed by atoms with Crippen LogP contribution >= 0.6 is 0 Å². The number of rotatable bonds is 5. The van der Waals surface area contributed by atoms with Gasteiger partial charge in [0.1, 0.15) is 0 Å². The molecule has 4 rings (SSSR count). The summed E-state index contributed by atoms with van der Waals surface area (Å²) in [5, 5.41) is 0. The molecule has 0 N–H and O–H groups in total. The molecule has 0 amide bonds. The SMILES string of the molecule is COC(=O)c1oc(C#CC(C)(C)C)cc1/C(=C\C(=O)C1CCC(C)CC1)C1CCC2(CC1)OCCO2. The Labute approximate surface area is 215 Å². The van der Waals surface area contributed by atoms with Gasteiger partial charge in [-0.05, 0) is 75.9 Å². The minimum atomic E-state index is -0.562. The lowest BCUT2D eigenvalue weighted by atomic mass is 9.76. The van der Waals surface area contributed by atoms with Crippen molar-refractivity contribution in [2.45, 2.75) is 84.8 Å². The van der Waals surface area contributed by atoms with Crippen molar-refractivity contribution in [3.63, 3.8) is 0 Å². The minimum Gasteiger partial charge on any atom is -0.463 e. The highest BCUT2D eigenvalue weighted by molar-refractivity contribution is 6.01.